The highest BCUT2D eigenvalue weighted by molar-refractivity contribution is 5.94. The fourth-order valence-electron chi connectivity index (χ4n) is 2.89. The summed E-state index contributed by atoms with van der Waals surface area (Å²) in [6.07, 6.45) is 7.43. The van der Waals surface area contributed by atoms with Gasteiger partial charge in [-0.2, -0.15) is 5.23 Å². The third-order valence-electron chi connectivity index (χ3n) is 4.27. The Labute approximate surface area is 169 Å². The molecule has 5 heteroatoms. The van der Waals surface area contributed by atoms with Crippen LogP contribution in [0.15, 0.2) is 72.8 Å². The molecule has 0 aromatic heterocycles. The van der Waals surface area contributed by atoms with E-state index in [1.165, 1.54) is 13.0 Å². The van der Waals surface area contributed by atoms with Crippen molar-refractivity contribution in [2.24, 2.45) is 0 Å². The maximum Gasteiger partial charge on any atom is 0.221 e. The summed E-state index contributed by atoms with van der Waals surface area (Å²) in [5.74, 6) is -0.261. The number of rotatable bonds is 6. The second-order valence-corrected chi connectivity index (χ2v) is 6.50. The van der Waals surface area contributed by atoms with Crippen LogP contribution in [0.4, 0.5) is 11.4 Å². The molecule has 0 radical (unpaired) electrons. The van der Waals surface area contributed by atoms with Crippen molar-refractivity contribution >= 4 is 41.6 Å². The number of carbonyl (C=O) groups excluding carboxylic acids is 1. The lowest BCUT2D eigenvalue weighted by Crippen LogP contribution is -2.99. The zero-order valence-corrected chi connectivity index (χ0v) is 16.0. The van der Waals surface area contributed by atoms with Gasteiger partial charge in [-0.3, -0.25) is 4.79 Å². The van der Waals surface area contributed by atoms with Gasteiger partial charge in [0.05, 0.1) is 5.69 Å². The van der Waals surface area contributed by atoms with E-state index in [1.54, 1.807) is 12.1 Å². The van der Waals surface area contributed by atoms with Gasteiger partial charge in [-0.15, -0.1) is 0 Å². The molecule has 3 rings (SSSR count). The molecule has 3 aromatic rings. The van der Waals surface area contributed by atoms with Gasteiger partial charge in [-0.1, -0.05) is 78.9 Å². The van der Waals surface area contributed by atoms with Gasteiger partial charge in [-0.25, -0.2) is 5.21 Å². The van der Waals surface area contributed by atoms with E-state index in [1.807, 2.05) is 78.9 Å². The average molecular weight is 386 g/mol. The lowest BCUT2D eigenvalue weighted by Gasteiger charge is -2.17. The van der Waals surface area contributed by atoms with E-state index in [2.05, 4.69) is 5.32 Å². The summed E-state index contributed by atoms with van der Waals surface area (Å²) in [6.45, 7) is 1.40. The SMILES string of the molecule is CC(=O)Nc1cc([NH+]([O-])O)c(C=Cc2ccccc2)cc1C=Cc1ccccc1. The van der Waals surface area contributed by atoms with Crippen molar-refractivity contribution in [3.63, 3.8) is 0 Å². The van der Waals surface area contributed by atoms with Crippen LogP contribution in [0.25, 0.3) is 24.3 Å². The largest absolute Gasteiger partial charge is 0.595 e. The van der Waals surface area contributed by atoms with Gasteiger partial charge in [0.15, 0.2) is 5.69 Å². The van der Waals surface area contributed by atoms with Crippen molar-refractivity contribution in [3.8, 4) is 0 Å². The van der Waals surface area contributed by atoms with Gasteiger partial charge in [0.1, 0.15) is 0 Å². The number of anilines is 1. The Balaban J connectivity index is 2.05. The Morgan fingerprint density at radius 3 is 1.86 bits per heavy atom. The van der Waals surface area contributed by atoms with E-state index < -0.39 is 5.23 Å². The first kappa shape index (κ1) is 20.2. The topological polar surface area (TPSA) is 76.8 Å². The number of amides is 1. The summed E-state index contributed by atoms with van der Waals surface area (Å²) >= 11 is 0. The van der Waals surface area contributed by atoms with E-state index in [9.17, 15) is 15.2 Å². The molecule has 3 N–H and O–H groups in total. The molecule has 0 aliphatic heterocycles. The molecule has 1 atom stereocenters. The maximum absolute atomic E-state index is 11.8. The van der Waals surface area contributed by atoms with Crippen LogP contribution in [0.5, 0.6) is 0 Å². The number of benzene rings is 3. The first-order valence-electron chi connectivity index (χ1n) is 9.18. The van der Waals surface area contributed by atoms with Gasteiger partial charge in [0.25, 0.3) is 0 Å². The molecule has 0 saturated carbocycles. The van der Waals surface area contributed by atoms with Crippen molar-refractivity contribution in [1.29, 1.82) is 0 Å². The van der Waals surface area contributed by atoms with Gasteiger partial charge in [0.2, 0.25) is 5.91 Å². The summed E-state index contributed by atoms with van der Waals surface area (Å²) in [7, 11) is 0. The Morgan fingerprint density at radius 1 is 0.862 bits per heavy atom. The maximum atomic E-state index is 11.8. The standard InChI is InChI=1S/C24H22N2O3/c1-18(27)25-23-17-24(26(28)29)22(15-13-20-10-6-3-7-11-20)16-21(23)14-12-19-8-4-2-5-9-19/h2-17,26,28H,1H3,(H,25,27). The lowest BCUT2D eigenvalue weighted by molar-refractivity contribution is -0.991. The zero-order chi connectivity index (χ0) is 20.6. The number of nitrogens with one attached hydrogen (secondary N) is 2. The average Bonchev–Trinajstić information content (AvgIpc) is 2.72. The number of quaternary nitrogens is 1. The highest BCUT2D eigenvalue weighted by Gasteiger charge is 2.13. The minimum Gasteiger partial charge on any atom is -0.595 e. The smallest absolute Gasteiger partial charge is 0.221 e. The Hall–Kier alpha value is -3.51. The molecule has 5 nitrogen and oxygen atoms in total. The molecule has 1 unspecified atom stereocenters. The molecule has 0 spiro atoms. The molecular formula is C24H22N2O3. The van der Waals surface area contributed by atoms with E-state index >= 15 is 0 Å². The van der Waals surface area contributed by atoms with Gasteiger partial charge < -0.3 is 10.5 Å². The van der Waals surface area contributed by atoms with E-state index in [4.69, 9.17) is 0 Å². The zero-order valence-electron chi connectivity index (χ0n) is 16.0. The van der Waals surface area contributed by atoms with Crippen LogP contribution in [-0.2, 0) is 4.79 Å². The van der Waals surface area contributed by atoms with E-state index in [0.29, 0.717) is 11.3 Å². The third kappa shape index (κ3) is 5.73. The van der Waals surface area contributed by atoms with Crippen LogP contribution >= 0.6 is 0 Å². The van der Waals surface area contributed by atoms with Crippen molar-refractivity contribution < 1.29 is 15.2 Å². The Kier molecular flexibility index (Phi) is 6.71. The molecule has 0 aliphatic rings. The van der Waals surface area contributed by atoms with E-state index in [0.717, 1.165) is 16.7 Å². The third-order valence-corrected chi connectivity index (χ3v) is 4.27. The van der Waals surface area contributed by atoms with Crippen molar-refractivity contribution in [2.75, 3.05) is 5.32 Å². The minimum atomic E-state index is -1.05. The molecule has 0 bridgehead atoms. The van der Waals surface area contributed by atoms with Gasteiger partial charge in [0, 0.05) is 18.6 Å². The minimum absolute atomic E-state index is 0.123. The summed E-state index contributed by atoms with van der Waals surface area (Å²) in [4.78, 5) is 11.6. The normalized spacial score (nSPS) is 12.4. The van der Waals surface area contributed by atoms with Crippen molar-refractivity contribution in [2.45, 2.75) is 6.92 Å². The molecule has 0 aliphatic carbocycles. The summed E-state index contributed by atoms with van der Waals surface area (Å²) in [5.41, 5.74) is 3.84. The van der Waals surface area contributed by atoms with Crippen LogP contribution < -0.4 is 10.5 Å². The highest BCUT2D eigenvalue weighted by Crippen LogP contribution is 2.27. The monoisotopic (exact) mass is 386 g/mol. The molecule has 3 aromatic carbocycles. The molecule has 0 fully saturated rings. The van der Waals surface area contributed by atoms with Gasteiger partial charge in [-0.05, 0) is 28.8 Å². The first-order valence-corrected chi connectivity index (χ1v) is 9.18. The van der Waals surface area contributed by atoms with Crippen molar-refractivity contribution in [3.05, 3.63) is 100 Å². The van der Waals surface area contributed by atoms with Crippen LogP contribution in [0.2, 0.25) is 0 Å². The molecular weight excluding hydrogens is 364 g/mol. The van der Waals surface area contributed by atoms with E-state index in [-0.39, 0.29) is 11.6 Å². The molecule has 0 heterocycles. The van der Waals surface area contributed by atoms with Crippen molar-refractivity contribution in [1.82, 2.24) is 0 Å². The Morgan fingerprint density at radius 2 is 1.38 bits per heavy atom. The predicted molar refractivity (Wildman–Crippen MR) is 117 cm³/mol. The molecule has 29 heavy (non-hydrogen) atoms. The number of hydrogen-bond donors (Lipinski definition) is 3. The fraction of sp³-hybridized carbons (Fsp3) is 0.0417. The summed E-state index contributed by atoms with van der Waals surface area (Å²) in [5, 5.41) is 23.1. The van der Waals surface area contributed by atoms with Crippen LogP contribution in [0.1, 0.15) is 29.2 Å². The molecule has 146 valence electrons. The molecule has 1 amide bonds. The van der Waals surface area contributed by atoms with Gasteiger partial charge >= 0.3 is 0 Å². The second-order valence-electron chi connectivity index (χ2n) is 6.50. The summed E-state index contributed by atoms with van der Waals surface area (Å²) < 4.78 is 0. The Bertz CT molecular complexity index is 1030. The molecule has 0 saturated heterocycles. The fourth-order valence-corrected chi connectivity index (χ4v) is 2.89. The quantitative estimate of drug-likeness (QED) is 0.434. The van der Waals surface area contributed by atoms with Crippen LogP contribution in [0, 0.1) is 5.21 Å². The summed E-state index contributed by atoms with van der Waals surface area (Å²) in [6, 6.07) is 22.7. The number of carbonyl (C=O) groups is 1. The second kappa shape index (κ2) is 9.61. The lowest BCUT2D eigenvalue weighted by atomic mass is 10.0. The highest BCUT2D eigenvalue weighted by atomic mass is 16.8. The number of hydrogen-bond acceptors (Lipinski definition) is 3. The van der Waals surface area contributed by atoms with Crippen LogP contribution in [-0.4, -0.2) is 11.1 Å². The van der Waals surface area contributed by atoms with Crippen LogP contribution in [0.3, 0.4) is 0 Å². The predicted octanol–water partition coefficient (Wildman–Crippen LogP) is 4.39. The first-order chi connectivity index (χ1) is 14.0.